The fourth-order valence-electron chi connectivity index (χ4n) is 2.44. The average molecular weight is 303 g/mol. The van der Waals surface area contributed by atoms with Gasteiger partial charge in [-0.2, -0.15) is 0 Å². The number of piperidine rings is 1. The van der Waals surface area contributed by atoms with Gasteiger partial charge in [-0.1, -0.05) is 5.92 Å². The Hall–Kier alpha value is -1.67. The third-order valence-electron chi connectivity index (χ3n) is 3.53. The molecule has 2 aliphatic heterocycles. The van der Waals surface area contributed by atoms with Gasteiger partial charge in [0.25, 0.3) is 0 Å². The zero-order chi connectivity index (χ0) is 14.7. The fourth-order valence-corrected chi connectivity index (χ4v) is 3.10. The van der Waals surface area contributed by atoms with Gasteiger partial charge < -0.3 is 10.2 Å². The van der Waals surface area contributed by atoms with E-state index < -0.39 is 6.17 Å². The topological polar surface area (TPSA) is 28.2 Å². The van der Waals surface area contributed by atoms with Crippen LogP contribution >= 0.6 is 11.8 Å². The molecule has 0 radical (unpaired) electrons. The van der Waals surface area contributed by atoms with E-state index in [0.717, 1.165) is 30.0 Å². The monoisotopic (exact) mass is 303 g/mol. The van der Waals surface area contributed by atoms with Crippen molar-refractivity contribution in [3.05, 3.63) is 35.0 Å². The van der Waals surface area contributed by atoms with Gasteiger partial charge in [0.15, 0.2) is 0 Å². The van der Waals surface area contributed by atoms with E-state index in [1.807, 2.05) is 22.4 Å². The van der Waals surface area contributed by atoms with Crippen molar-refractivity contribution in [2.45, 2.75) is 31.3 Å². The van der Waals surface area contributed by atoms with Crippen LogP contribution in [0.25, 0.3) is 0 Å². The first-order valence-corrected chi connectivity index (χ1v) is 8.14. The highest BCUT2D eigenvalue weighted by Crippen LogP contribution is 2.20. The maximum Gasteiger partial charge on any atom is 0.128 e. The van der Waals surface area contributed by atoms with E-state index in [1.165, 1.54) is 0 Å². The number of hydrogen-bond acceptors (Lipinski definition) is 4. The van der Waals surface area contributed by atoms with Crippen molar-refractivity contribution in [2.75, 3.05) is 18.0 Å². The van der Waals surface area contributed by atoms with Gasteiger partial charge in [0.2, 0.25) is 0 Å². The Morgan fingerprint density at radius 2 is 2.33 bits per heavy atom. The molecule has 3 nitrogen and oxygen atoms in total. The number of rotatable bonds is 1. The molecule has 1 fully saturated rings. The molecule has 3 rings (SSSR count). The van der Waals surface area contributed by atoms with Crippen LogP contribution in [0.3, 0.4) is 0 Å². The lowest BCUT2D eigenvalue weighted by atomic mass is 10.1. The summed E-state index contributed by atoms with van der Waals surface area (Å²) < 4.78 is 13.4. The number of alkyl halides is 1. The molecule has 2 unspecified atom stereocenters. The van der Waals surface area contributed by atoms with Gasteiger partial charge in [-0.05, 0) is 37.8 Å². The SMILES string of the molecule is CC1NC(C#Cc2ccc(N3CCCC(F)C3)nc2)=CS1. The Bertz CT molecular complexity index is 588. The molecule has 0 amide bonds. The number of aromatic nitrogens is 1. The second kappa shape index (κ2) is 6.40. The Balaban J connectivity index is 1.66. The van der Waals surface area contributed by atoms with Crippen molar-refractivity contribution < 1.29 is 4.39 Å². The van der Waals surface area contributed by atoms with Crippen LogP contribution in [-0.4, -0.2) is 29.6 Å². The first-order chi connectivity index (χ1) is 10.2. The lowest BCUT2D eigenvalue weighted by Gasteiger charge is -2.29. The number of thioether (sulfide) groups is 1. The average Bonchev–Trinajstić information content (AvgIpc) is 2.91. The fraction of sp³-hybridized carbons (Fsp3) is 0.438. The summed E-state index contributed by atoms with van der Waals surface area (Å²) in [5.74, 6) is 7.03. The van der Waals surface area contributed by atoms with Crippen molar-refractivity contribution in [1.29, 1.82) is 0 Å². The van der Waals surface area contributed by atoms with Gasteiger partial charge in [-0.3, -0.25) is 0 Å². The number of halogens is 1. The molecule has 2 atom stereocenters. The second-order valence-corrected chi connectivity index (χ2v) is 6.51. The molecule has 1 saturated heterocycles. The van der Waals surface area contributed by atoms with E-state index >= 15 is 0 Å². The highest BCUT2D eigenvalue weighted by molar-refractivity contribution is 8.02. The van der Waals surface area contributed by atoms with Crippen LogP contribution < -0.4 is 10.2 Å². The van der Waals surface area contributed by atoms with Crippen LogP contribution in [0.4, 0.5) is 10.2 Å². The van der Waals surface area contributed by atoms with E-state index in [2.05, 4.69) is 29.1 Å². The van der Waals surface area contributed by atoms with Gasteiger partial charge in [0, 0.05) is 23.7 Å². The van der Waals surface area contributed by atoms with Crippen molar-refractivity contribution in [3.63, 3.8) is 0 Å². The van der Waals surface area contributed by atoms with Crippen LogP contribution in [0, 0.1) is 11.8 Å². The van der Waals surface area contributed by atoms with Crippen LogP contribution in [0.15, 0.2) is 29.4 Å². The van der Waals surface area contributed by atoms with Gasteiger partial charge in [0.1, 0.15) is 12.0 Å². The normalized spacial score (nSPS) is 24.9. The molecule has 0 aromatic carbocycles. The molecule has 110 valence electrons. The number of nitrogens with one attached hydrogen (secondary N) is 1. The molecule has 0 bridgehead atoms. The van der Waals surface area contributed by atoms with Gasteiger partial charge >= 0.3 is 0 Å². The summed E-state index contributed by atoms with van der Waals surface area (Å²) in [7, 11) is 0. The number of allylic oxidation sites excluding steroid dienone is 1. The maximum atomic E-state index is 13.4. The lowest BCUT2D eigenvalue weighted by Crippen LogP contribution is -2.36. The maximum absolute atomic E-state index is 13.4. The molecule has 21 heavy (non-hydrogen) atoms. The minimum absolute atomic E-state index is 0.391. The number of nitrogens with zero attached hydrogens (tertiary/aromatic N) is 2. The van der Waals surface area contributed by atoms with Crippen molar-refractivity contribution in [3.8, 4) is 11.8 Å². The van der Waals surface area contributed by atoms with E-state index in [0.29, 0.717) is 18.3 Å². The summed E-state index contributed by atoms with van der Waals surface area (Å²) in [5, 5.41) is 5.70. The van der Waals surface area contributed by atoms with E-state index in [4.69, 9.17) is 0 Å². The Labute approximate surface area is 129 Å². The molecule has 1 aromatic rings. The number of hydrogen-bond donors (Lipinski definition) is 1. The number of anilines is 1. The third kappa shape index (κ3) is 3.70. The van der Waals surface area contributed by atoms with E-state index in [1.54, 1.807) is 18.0 Å². The van der Waals surface area contributed by atoms with Crippen LogP contribution in [0.2, 0.25) is 0 Å². The highest BCUT2D eigenvalue weighted by atomic mass is 32.2. The summed E-state index contributed by atoms with van der Waals surface area (Å²) >= 11 is 1.73. The van der Waals surface area contributed by atoms with Crippen molar-refractivity contribution >= 4 is 17.6 Å². The van der Waals surface area contributed by atoms with E-state index in [-0.39, 0.29) is 0 Å². The highest BCUT2D eigenvalue weighted by Gasteiger charge is 2.19. The van der Waals surface area contributed by atoms with Crippen LogP contribution in [-0.2, 0) is 0 Å². The zero-order valence-corrected chi connectivity index (χ0v) is 12.8. The predicted molar refractivity (Wildman–Crippen MR) is 85.7 cm³/mol. The summed E-state index contributed by atoms with van der Waals surface area (Å²) in [6.07, 6.45) is 2.58. The number of pyridine rings is 1. The minimum atomic E-state index is -0.736. The molecular weight excluding hydrogens is 285 g/mol. The molecule has 1 N–H and O–H groups in total. The molecule has 1 aromatic heterocycles. The quantitative estimate of drug-likeness (QED) is 0.808. The Morgan fingerprint density at radius 3 is 3.00 bits per heavy atom. The minimum Gasteiger partial charge on any atom is -0.366 e. The molecule has 0 aliphatic carbocycles. The van der Waals surface area contributed by atoms with Gasteiger partial charge in [-0.25, -0.2) is 9.37 Å². The van der Waals surface area contributed by atoms with Gasteiger partial charge in [0.05, 0.1) is 17.6 Å². The largest absolute Gasteiger partial charge is 0.366 e. The third-order valence-corrected chi connectivity index (χ3v) is 4.42. The Morgan fingerprint density at radius 1 is 1.43 bits per heavy atom. The van der Waals surface area contributed by atoms with Crippen molar-refractivity contribution in [1.82, 2.24) is 10.3 Å². The molecule has 3 heterocycles. The van der Waals surface area contributed by atoms with Crippen LogP contribution in [0.5, 0.6) is 0 Å². The molecule has 0 saturated carbocycles. The summed E-state index contributed by atoms with van der Waals surface area (Å²) in [6.45, 7) is 3.43. The lowest BCUT2D eigenvalue weighted by molar-refractivity contribution is 0.286. The first kappa shape index (κ1) is 14.3. The second-order valence-electron chi connectivity index (χ2n) is 5.29. The van der Waals surface area contributed by atoms with Gasteiger partial charge in [-0.15, -0.1) is 11.8 Å². The smallest absolute Gasteiger partial charge is 0.128 e. The molecule has 2 aliphatic rings. The van der Waals surface area contributed by atoms with E-state index in [9.17, 15) is 4.39 Å². The standard InChI is InChI=1S/C16H18FN3S/c1-12-19-15(11-21-12)6-4-13-5-7-16(18-9-13)20-8-2-3-14(17)10-20/h5,7,9,11-12,14,19H,2-3,8,10H2,1H3. The molecule has 0 spiro atoms. The first-order valence-electron chi connectivity index (χ1n) is 7.20. The summed E-state index contributed by atoms with van der Waals surface area (Å²) in [5.41, 5.74) is 1.83. The molecule has 5 heteroatoms. The Kier molecular flexibility index (Phi) is 4.35. The van der Waals surface area contributed by atoms with Crippen molar-refractivity contribution in [2.24, 2.45) is 0 Å². The zero-order valence-electron chi connectivity index (χ0n) is 12.0. The molecular formula is C16H18FN3S. The summed E-state index contributed by atoms with van der Waals surface area (Å²) in [6, 6.07) is 3.87. The van der Waals surface area contributed by atoms with Crippen LogP contribution in [0.1, 0.15) is 25.3 Å². The summed E-state index contributed by atoms with van der Waals surface area (Å²) in [4.78, 5) is 6.41. The predicted octanol–water partition coefficient (Wildman–Crippen LogP) is 2.90.